The molecule has 0 N–H and O–H groups in total. The SMILES string of the molecule is N#CCSCC(=O)N(CCc1ccccn1)c1ccnc(Br)c1. The van der Waals surface area contributed by atoms with Crippen LogP contribution in [0.2, 0.25) is 0 Å². The molecule has 7 heteroatoms. The van der Waals surface area contributed by atoms with Crippen molar-refractivity contribution in [3.05, 3.63) is 53.0 Å². The van der Waals surface area contributed by atoms with Crippen LogP contribution < -0.4 is 4.90 Å². The molecule has 0 radical (unpaired) electrons. The zero-order valence-electron chi connectivity index (χ0n) is 12.4. The van der Waals surface area contributed by atoms with E-state index in [4.69, 9.17) is 5.26 Å². The normalized spacial score (nSPS) is 10.1. The number of pyridine rings is 2. The summed E-state index contributed by atoms with van der Waals surface area (Å²) in [7, 11) is 0. The van der Waals surface area contributed by atoms with Crippen molar-refractivity contribution in [3.63, 3.8) is 0 Å². The maximum Gasteiger partial charge on any atom is 0.237 e. The smallest absolute Gasteiger partial charge is 0.237 e. The molecule has 0 aliphatic carbocycles. The van der Waals surface area contributed by atoms with Crippen molar-refractivity contribution in [2.24, 2.45) is 0 Å². The van der Waals surface area contributed by atoms with Crippen LogP contribution in [-0.2, 0) is 11.2 Å². The highest BCUT2D eigenvalue weighted by molar-refractivity contribution is 9.10. The van der Waals surface area contributed by atoms with Gasteiger partial charge in [0.05, 0.1) is 17.6 Å². The lowest BCUT2D eigenvalue weighted by atomic mass is 10.2. The predicted octanol–water partition coefficient (Wildman–Crippen LogP) is 3.07. The Morgan fingerprint density at radius 2 is 2.17 bits per heavy atom. The zero-order valence-corrected chi connectivity index (χ0v) is 14.8. The van der Waals surface area contributed by atoms with Crippen LogP contribution in [0.4, 0.5) is 5.69 Å². The third kappa shape index (κ3) is 5.66. The number of carbonyl (C=O) groups excluding carboxylic acids is 1. The van der Waals surface area contributed by atoms with Crippen molar-refractivity contribution in [2.45, 2.75) is 6.42 Å². The zero-order chi connectivity index (χ0) is 16.5. The lowest BCUT2D eigenvalue weighted by Crippen LogP contribution is -2.34. The van der Waals surface area contributed by atoms with Gasteiger partial charge in [0.2, 0.25) is 5.91 Å². The molecule has 0 aliphatic heterocycles. The largest absolute Gasteiger partial charge is 0.311 e. The molecule has 23 heavy (non-hydrogen) atoms. The molecule has 0 unspecified atom stereocenters. The molecule has 1 amide bonds. The number of hydrogen-bond acceptors (Lipinski definition) is 5. The summed E-state index contributed by atoms with van der Waals surface area (Å²) in [4.78, 5) is 22.6. The first-order chi connectivity index (χ1) is 11.2. The number of thioether (sulfide) groups is 1. The molecule has 0 bridgehead atoms. The Kier molecular flexibility index (Phi) is 7.04. The fourth-order valence-electron chi connectivity index (χ4n) is 1.99. The third-order valence-corrected chi connectivity index (χ3v) is 4.25. The second kappa shape index (κ2) is 9.28. The average molecular weight is 391 g/mol. The maximum absolute atomic E-state index is 12.5. The summed E-state index contributed by atoms with van der Waals surface area (Å²) in [5.41, 5.74) is 1.72. The van der Waals surface area contributed by atoms with E-state index in [1.54, 1.807) is 23.4 Å². The minimum absolute atomic E-state index is 0.0284. The maximum atomic E-state index is 12.5. The van der Waals surface area contributed by atoms with Crippen molar-refractivity contribution < 1.29 is 4.79 Å². The second-order valence-electron chi connectivity index (χ2n) is 4.60. The number of hydrogen-bond donors (Lipinski definition) is 0. The van der Waals surface area contributed by atoms with Gasteiger partial charge < -0.3 is 4.90 Å². The highest BCUT2D eigenvalue weighted by atomic mass is 79.9. The Balaban J connectivity index is 2.10. The summed E-state index contributed by atoms with van der Waals surface area (Å²) >= 11 is 4.64. The van der Waals surface area contributed by atoms with E-state index in [1.165, 1.54) is 11.8 Å². The molecular formula is C16H15BrN4OS. The minimum Gasteiger partial charge on any atom is -0.311 e. The first-order valence-corrected chi connectivity index (χ1v) is 8.92. The Morgan fingerprint density at radius 3 is 2.87 bits per heavy atom. The van der Waals surface area contributed by atoms with Crippen molar-refractivity contribution in [1.29, 1.82) is 5.26 Å². The molecule has 0 aliphatic rings. The lowest BCUT2D eigenvalue weighted by Gasteiger charge is -2.22. The van der Waals surface area contributed by atoms with Crippen molar-refractivity contribution in [1.82, 2.24) is 9.97 Å². The predicted molar refractivity (Wildman–Crippen MR) is 95.2 cm³/mol. The average Bonchev–Trinajstić information content (AvgIpc) is 2.56. The van der Waals surface area contributed by atoms with Gasteiger partial charge in [-0.05, 0) is 40.2 Å². The molecule has 2 aromatic heterocycles. The van der Waals surface area contributed by atoms with Crippen LogP contribution in [0.1, 0.15) is 5.69 Å². The summed E-state index contributed by atoms with van der Waals surface area (Å²) in [6.07, 6.45) is 4.06. The number of aromatic nitrogens is 2. The number of nitrogens with zero attached hydrogens (tertiary/aromatic N) is 4. The molecule has 0 spiro atoms. The van der Waals surface area contributed by atoms with Crippen molar-refractivity contribution in [3.8, 4) is 6.07 Å². The fourth-order valence-corrected chi connectivity index (χ4v) is 2.87. The molecule has 0 saturated carbocycles. The lowest BCUT2D eigenvalue weighted by molar-refractivity contribution is -0.116. The number of halogens is 1. The fraction of sp³-hybridized carbons (Fsp3) is 0.250. The molecule has 2 aromatic rings. The van der Waals surface area contributed by atoms with E-state index in [1.807, 2.05) is 30.3 Å². The molecule has 5 nitrogen and oxygen atoms in total. The van der Waals surface area contributed by atoms with E-state index in [9.17, 15) is 4.79 Å². The Bertz CT molecular complexity index is 690. The summed E-state index contributed by atoms with van der Waals surface area (Å²) in [6.45, 7) is 0.527. The van der Waals surface area contributed by atoms with E-state index in [0.29, 0.717) is 23.3 Å². The van der Waals surface area contributed by atoms with Gasteiger partial charge in [-0.2, -0.15) is 5.26 Å². The van der Waals surface area contributed by atoms with E-state index < -0.39 is 0 Å². The second-order valence-corrected chi connectivity index (χ2v) is 6.40. The third-order valence-electron chi connectivity index (χ3n) is 3.03. The number of anilines is 1. The van der Waals surface area contributed by atoms with Gasteiger partial charge in [0.1, 0.15) is 4.60 Å². The number of rotatable bonds is 7. The molecule has 2 heterocycles. The summed E-state index contributed by atoms with van der Waals surface area (Å²) in [5.74, 6) is 0.551. The molecule has 0 atom stereocenters. The van der Waals surface area contributed by atoms with Gasteiger partial charge in [-0.1, -0.05) is 6.07 Å². The highest BCUT2D eigenvalue weighted by Gasteiger charge is 2.16. The van der Waals surface area contributed by atoms with Gasteiger partial charge in [-0.3, -0.25) is 9.78 Å². The summed E-state index contributed by atoms with van der Waals surface area (Å²) in [5, 5.41) is 8.60. The summed E-state index contributed by atoms with van der Waals surface area (Å²) < 4.78 is 0.676. The Hall–Kier alpha value is -1.91. The van der Waals surface area contributed by atoms with Gasteiger partial charge >= 0.3 is 0 Å². The first kappa shape index (κ1) is 17.4. The minimum atomic E-state index is -0.0284. The van der Waals surface area contributed by atoms with E-state index >= 15 is 0 Å². The van der Waals surface area contributed by atoms with Gasteiger partial charge in [-0.25, -0.2) is 4.98 Å². The molecule has 0 saturated heterocycles. The first-order valence-electron chi connectivity index (χ1n) is 6.97. The van der Waals surface area contributed by atoms with Crippen LogP contribution in [0.25, 0.3) is 0 Å². The Labute approximate surface area is 147 Å². The van der Waals surface area contributed by atoms with Gasteiger partial charge in [0, 0.05) is 36.7 Å². The van der Waals surface area contributed by atoms with Gasteiger partial charge in [-0.15, -0.1) is 11.8 Å². The highest BCUT2D eigenvalue weighted by Crippen LogP contribution is 2.19. The quantitative estimate of drug-likeness (QED) is 0.536. The Morgan fingerprint density at radius 1 is 1.30 bits per heavy atom. The van der Waals surface area contributed by atoms with Gasteiger partial charge in [0.25, 0.3) is 0 Å². The van der Waals surface area contributed by atoms with Crippen LogP contribution in [0.15, 0.2) is 47.3 Å². The van der Waals surface area contributed by atoms with E-state index in [2.05, 4.69) is 25.9 Å². The monoisotopic (exact) mass is 390 g/mol. The van der Waals surface area contributed by atoms with Crippen LogP contribution in [0.5, 0.6) is 0 Å². The number of amides is 1. The molecule has 2 rings (SSSR count). The molecule has 118 valence electrons. The van der Waals surface area contributed by atoms with E-state index in [-0.39, 0.29) is 11.7 Å². The molecular weight excluding hydrogens is 376 g/mol. The van der Waals surface area contributed by atoms with Crippen LogP contribution in [0, 0.1) is 11.3 Å². The molecule has 0 fully saturated rings. The van der Waals surface area contributed by atoms with Crippen molar-refractivity contribution >= 4 is 39.3 Å². The summed E-state index contributed by atoms with van der Waals surface area (Å²) in [6, 6.07) is 11.4. The number of carbonyl (C=O) groups is 1. The van der Waals surface area contributed by atoms with Crippen LogP contribution in [-0.4, -0.2) is 33.9 Å². The van der Waals surface area contributed by atoms with Crippen LogP contribution in [0.3, 0.4) is 0 Å². The topological polar surface area (TPSA) is 69.9 Å². The van der Waals surface area contributed by atoms with Crippen molar-refractivity contribution in [2.75, 3.05) is 23.0 Å². The standard InChI is InChI=1S/C16H15BrN4OS/c17-15-11-14(4-8-20-15)21(16(22)12-23-10-6-18)9-5-13-3-1-2-7-19-13/h1-4,7-8,11H,5,9-10,12H2. The van der Waals surface area contributed by atoms with Crippen LogP contribution >= 0.6 is 27.7 Å². The van der Waals surface area contributed by atoms with Gasteiger partial charge in [0.15, 0.2) is 0 Å². The molecule has 0 aromatic carbocycles. The van der Waals surface area contributed by atoms with E-state index in [0.717, 1.165) is 11.4 Å². The number of nitriles is 1.